The third-order valence-electron chi connectivity index (χ3n) is 5.21. The minimum atomic E-state index is -0.766. The van der Waals surface area contributed by atoms with E-state index >= 15 is 0 Å². The monoisotopic (exact) mass is 358 g/mol. The molecule has 2 saturated carbocycles. The summed E-state index contributed by atoms with van der Waals surface area (Å²) in [6, 6.07) is 8.24. The van der Waals surface area contributed by atoms with Gasteiger partial charge >= 0.3 is 5.97 Å². The molecule has 25 heavy (non-hydrogen) atoms. The van der Waals surface area contributed by atoms with Crippen molar-refractivity contribution >= 4 is 33.3 Å². The molecule has 6 heteroatoms. The molecule has 1 heterocycles. The van der Waals surface area contributed by atoms with E-state index in [1.165, 1.54) is 17.5 Å². The maximum Gasteiger partial charge on any atom is 0.317 e. The molecular formula is C19H22N2O3S. The van der Waals surface area contributed by atoms with Crippen LogP contribution < -0.4 is 5.32 Å². The lowest BCUT2D eigenvalue weighted by atomic mass is 9.85. The Balaban J connectivity index is 1.32. The molecule has 0 radical (unpaired) electrons. The van der Waals surface area contributed by atoms with Gasteiger partial charge in [0.1, 0.15) is 0 Å². The van der Waals surface area contributed by atoms with E-state index in [0.29, 0.717) is 11.5 Å². The third-order valence-corrected chi connectivity index (χ3v) is 6.11. The van der Waals surface area contributed by atoms with Crippen LogP contribution in [0.25, 0.3) is 10.1 Å². The summed E-state index contributed by atoms with van der Waals surface area (Å²) in [5, 5.41) is 15.3. The first-order valence-corrected chi connectivity index (χ1v) is 9.70. The van der Waals surface area contributed by atoms with Crippen LogP contribution in [0, 0.1) is 5.92 Å². The van der Waals surface area contributed by atoms with Crippen molar-refractivity contribution < 1.29 is 14.7 Å². The number of fused-ring (bicyclic) bond motifs is 1. The second-order valence-corrected chi connectivity index (χ2v) is 8.18. The summed E-state index contributed by atoms with van der Waals surface area (Å²) in [6.45, 7) is 0.989. The Bertz CT molecular complexity index is 793. The van der Waals surface area contributed by atoms with Gasteiger partial charge in [-0.3, -0.25) is 14.5 Å². The van der Waals surface area contributed by atoms with Gasteiger partial charge in [-0.1, -0.05) is 0 Å². The lowest BCUT2D eigenvalue weighted by Gasteiger charge is -2.42. The largest absolute Gasteiger partial charge is 0.480 e. The number of carboxylic acids is 1. The number of amides is 1. The zero-order valence-corrected chi connectivity index (χ0v) is 14.8. The molecule has 0 atom stereocenters. The molecule has 2 aliphatic carbocycles. The van der Waals surface area contributed by atoms with E-state index in [1.807, 2.05) is 29.6 Å². The lowest BCUT2D eigenvalue weighted by Crippen LogP contribution is -2.55. The molecule has 2 N–H and O–H groups in total. The average Bonchev–Trinajstić information content (AvgIpc) is 3.22. The van der Waals surface area contributed by atoms with Crippen LogP contribution in [0.3, 0.4) is 0 Å². The minimum absolute atomic E-state index is 0.0384. The van der Waals surface area contributed by atoms with Gasteiger partial charge in [0.25, 0.3) is 5.91 Å². The van der Waals surface area contributed by atoms with E-state index in [4.69, 9.17) is 5.11 Å². The summed E-state index contributed by atoms with van der Waals surface area (Å²) < 4.78 is 1.18. The number of rotatable bonds is 7. The zero-order valence-electron chi connectivity index (χ0n) is 14.0. The van der Waals surface area contributed by atoms with Gasteiger partial charge < -0.3 is 10.4 Å². The highest BCUT2D eigenvalue weighted by molar-refractivity contribution is 7.17. The van der Waals surface area contributed by atoms with Crippen molar-refractivity contribution in [1.29, 1.82) is 0 Å². The molecule has 5 nitrogen and oxygen atoms in total. The Kier molecular flexibility index (Phi) is 4.48. The molecule has 132 valence electrons. The Morgan fingerprint density at radius 3 is 2.76 bits per heavy atom. The van der Waals surface area contributed by atoms with Crippen LogP contribution in [0.4, 0.5) is 0 Å². The number of carbonyl (C=O) groups is 2. The van der Waals surface area contributed by atoms with Crippen molar-refractivity contribution in [2.24, 2.45) is 5.92 Å². The van der Waals surface area contributed by atoms with Gasteiger partial charge in [0, 0.05) is 28.9 Å². The first kappa shape index (κ1) is 16.5. The molecule has 1 aromatic heterocycles. The van der Waals surface area contributed by atoms with Crippen LogP contribution >= 0.6 is 11.3 Å². The van der Waals surface area contributed by atoms with Crippen LogP contribution in [0.5, 0.6) is 0 Å². The fourth-order valence-electron chi connectivity index (χ4n) is 3.53. The quantitative estimate of drug-likeness (QED) is 0.798. The molecular weight excluding hydrogens is 336 g/mol. The van der Waals surface area contributed by atoms with Crippen LogP contribution in [0.2, 0.25) is 0 Å². The molecule has 0 bridgehead atoms. The van der Waals surface area contributed by atoms with E-state index < -0.39 is 5.97 Å². The van der Waals surface area contributed by atoms with E-state index in [9.17, 15) is 9.59 Å². The maximum absolute atomic E-state index is 12.4. The number of hydrogen-bond acceptors (Lipinski definition) is 4. The third kappa shape index (κ3) is 3.85. The molecule has 0 spiro atoms. The van der Waals surface area contributed by atoms with Gasteiger partial charge in [0.05, 0.1) is 6.54 Å². The number of hydrogen-bond donors (Lipinski definition) is 2. The highest BCUT2D eigenvalue weighted by Gasteiger charge is 2.37. The Labute approximate surface area is 150 Å². The molecule has 2 aromatic rings. The summed E-state index contributed by atoms with van der Waals surface area (Å²) in [4.78, 5) is 25.6. The van der Waals surface area contributed by atoms with E-state index in [0.717, 1.165) is 24.8 Å². The Morgan fingerprint density at radius 2 is 2.04 bits per heavy atom. The van der Waals surface area contributed by atoms with Gasteiger partial charge in [-0.05, 0) is 66.6 Å². The van der Waals surface area contributed by atoms with Crippen LogP contribution in [0.1, 0.15) is 36.0 Å². The van der Waals surface area contributed by atoms with Gasteiger partial charge in [0.2, 0.25) is 0 Å². The fourth-order valence-corrected chi connectivity index (χ4v) is 4.30. The van der Waals surface area contributed by atoms with E-state index in [-0.39, 0.29) is 24.5 Å². The number of nitrogens with zero attached hydrogens (tertiary/aromatic N) is 1. The number of benzene rings is 1. The Morgan fingerprint density at radius 1 is 1.24 bits per heavy atom. The van der Waals surface area contributed by atoms with Gasteiger partial charge in [-0.15, -0.1) is 11.3 Å². The number of carboxylic acid groups (broad SMARTS) is 1. The smallest absolute Gasteiger partial charge is 0.317 e. The Hall–Kier alpha value is -1.92. The van der Waals surface area contributed by atoms with Crippen LogP contribution in [-0.2, 0) is 4.79 Å². The SMILES string of the molecule is O=C(O)CN(CC1CC1)C1CC(NC(=O)c2ccc3sccc3c2)C1. The molecule has 4 rings (SSSR count). The standard InChI is InChI=1S/C19H22N2O3S/c22-18(23)11-21(10-12-1-2-12)16-8-15(9-16)20-19(24)14-3-4-17-13(7-14)5-6-25-17/h3-7,12,15-16H,1-2,8-11H2,(H,20,24)(H,22,23). The summed E-state index contributed by atoms with van der Waals surface area (Å²) in [7, 11) is 0. The van der Waals surface area contributed by atoms with Crippen molar-refractivity contribution in [3.8, 4) is 0 Å². The van der Waals surface area contributed by atoms with Crippen molar-refractivity contribution in [3.63, 3.8) is 0 Å². The van der Waals surface area contributed by atoms with Gasteiger partial charge in [-0.2, -0.15) is 0 Å². The predicted molar refractivity (Wildman–Crippen MR) is 98.0 cm³/mol. The summed E-state index contributed by atoms with van der Waals surface area (Å²) in [6.07, 6.45) is 4.11. The second-order valence-electron chi connectivity index (χ2n) is 7.24. The lowest BCUT2D eigenvalue weighted by molar-refractivity contribution is -0.139. The minimum Gasteiger partial charge on any atom is -0.480 e. The van der Waals surface area contributed by atoms with Gasteiger partial charge in [-0.25, -0.2) is 0 Å². The maximum atomic E-state index is 12.4. The normalized spacial score (nSPS) is 22.8. The van der Waals surface area contributed by atoms with Crippen molar-refractivity contribution in [3.05, 3.63) is 35.2 Å². The summed E-state index contributed by atoms with van der Waals surface area (Å²) in [5.74, 6) is -0.133. The first-order chi connectivity index (χ1) is 12.1. The fraction of sp³-hybridized carbons (Fsp3) is 0.474. The average molecular weight is 358 g/mol. The van der Waals surface area contributed by atoms with Crippen molar-refractivity contribution in [1.82, 2.24) is 10.2 Å². The summed E-state index contributed by atoms with van der Waals surface area (Å²) >= 11 is 1.67. The van der Waals surface area contributed by atoms with Crippen molar-refractivity contribution in [2.75, 3.05) is 13.1 Å². The van der Waals surface area contributed by atoms with Crippen LogP contribution in [-0.4, -0.2) is 47.1 Å². The number of carbonyl (C=O) groups excluding carboxylic acids is 1. The topological polar surface area (TPSA) is 69.6 Å². The van der Waals surface area contributed by atoms with E-state index in [2.05, 4.69) is 10.2 Å². The number of nitrogens with one attached hydrogen (secondary N) is 1. The number of aliphatic carboxylic acids is 1. The highest BCUT2D eigenvalue weighted by Crippen LogP contribution is 2.34. The zero-order chi connectivity index (χ0) is 17.4. The van der Waals surface area contributed by atoms with Crippen molar-refractivity contribution in [2.45, 2.75) is 37.8 Å². The molecule has 1 amide bonds. The molecule has 0 saturated heterocycles. The van der Waals surface area contributed by atoms with Gasteiger partial charge in [0.15, 0.2) is 0 Å². The predicted octanol–water partition coefficient (Wildman–Crippen LogP) is 2.96. The summed E-state index contributed by atoms with van der Waals surface area (Å²) in [5.41, 5.74) is 0.690. The first-order valence-electron chi connectivity index (χ1n) is 8.82. The highest BCUT2D eigenvalue weighted by atomic mass is 32.1. The molecule has 0 aliphatic heterocycles. The van der Waals surface area contributed by atoms with E-state index in [1.54, 1.807) is 11.3 Å². The second kappa shape index (κ2) is 6.77. The molecule has 2 fully saturated rings. The van der Waals surface area contributed by atoms with Crippen LogP contribution in [0.15, 0.2) is 29.6 Å². The molecule has 1 aromatic carbocycles. The molecule has 0 unspecified atom stereocenters. The molecule has 2 aliphatic rings. The number of thiophene rings is 1.